The molecule has 0 atom stereocenters. The van der Waals surface area contributed by atoms with Gasteiger partial charge in [-0.15, -0.1) is 0 Å². The van der Waals surface area contributed by atoms with Crippen molar-refractivity contribution in [3.8, 4) is 0 Å². The summed E-state index contributed by atoms with van der Waals surface area (Å²) in [5.41, 5.74) is 0. The molecule has 0 nitrogen and oxygen atoms in total. The molecule has 0 spiro atoms. The predicted molar refractivity (Wildman–Crippen MR) is 52.6 cm³/mol. The number of rotatable bonds is 0. The molecule has 0 unspecified atom stereocenters. The van der Waals surface area contributed by atoms with Crippen LogP contribution in [0, 0.1) is 13.8 Å². The molecule has 11 heavy (non-hydrogen) atoms. The molecule has 1 rings (SSSR count). The average Bonchev–Trinajstić information content (AvgIpc) is 2.48. The Hall–Kier alpha value is 0.450. The summed E-state index contributed by atoms with van der Waals surface area (Å²) >= 11 is 1.58. The van der Waals surface area contributed by atoms with Crippen LogP contribution in [-0.4, -0.2) is 6.88 Å². The molecule has 0 saturated carbocycles. The summed E-state index contributed by atoms with van der Waals surface area (Å²) in [7, 11) is 0. The van der Waals surface area contributed by atoms with Crippen LogP contribution in [0.25, 0.3) is 0 Å². The minimum Gasteiger partial charge on any atom is -0.214 e. The molecule has 0 aliphatic rings. The molecule has 0 N–H and O–H groups in total. The van der Waals surface area contributed by atoms with E-state index in [-0.39, 0.29) is 7.43 Å². The van der Waals surface area contributed by atoms with Gasteiger partial charge in [0, 0.05) is 0 Å². The van der Waals surface area contributed by atoms with Gasteiger partial charge in [0.15, 0.2) is 0 Å². The minimum absolute atomic E-state index is 0. The molecule has 2 heteroatoms. The largest absolute Gasteiger partial charge is 0.214 e. The smallest absolute Gasteiger partial charge is 0.172 e. The Labute approximate surface area is 88.0 Å². The summed E-state index contributed by atoms with van der Waals surface area (Å²) in [5, 5.41) is 0. The zero-order valence-electron chi connectivity index (χ0n) is 7.67. The van der Waals surface area contributed by atoms with Crippen LogP contribution in [0.5, 0.6) is 0 Å². The molecule has 0 saturated heterocycles. The fourth-order valence-corrected chi connectivity index (χ4v) is 0.321. The van der Waals surface area contributed by atoms with Crippen LogP contribution >= 0.6 is 0 Å². The van der Waals surface area contributed by atoms with Gasteiger partial charge >= 0.3 is 30.2 Å². The average molecular weight is 245 g/mol. The zero-order chi connectivity index (χ0) is 8.24. The van der Waals surface area contributed by atoms with Crippen molar-refractivity contribution >= 4 is 6.88 Å². The first kappa shape index (κ1) is 17.5. The third-order valence-electron chi connectivity index (χ3n) is 0.556. The molecular formula is C9H17SiZr-3. The van der Waals surface area contributed by atoms with Crippen LogP contribution in [0.4, 0.5) is 0 Å². The van der Waals surface area contributed by atoms with Crippen molar-refractivity contribution in [3.63, 3.8) is 0 Å². The summed E-state index contributed by atoms with van der Waals surface area (Å²) in [6, 6.07) is 10.0. The molecule has 0 aliphatic carbocycles. The first-order valence-electron chi connectivity index (χ1n) is 3.17. The maximum absolute atomic E-state index is 2.00. The van der Waals surface area contributed by atoms with Crippen LogP contribution in [0.2, 0.25) is 0 Å². The van der Waals surface area contributed by atoms with E-state index in [1.807, 2.05) is 57.5 Å². The monoisotopic (exact) mass is 243 g/mol. The molecule has 1 aromatic carbocycles. The quantitative estimate of drug-likeness (QED) is 0.485. The van der Waals surface area contributed by atoms with Crippen LogP contribution in [0.15, 0.2) is 30.3 Å². The van der Waals surface area contributed by atoms with Gasteiger partial charge in [-0.3, -0.25) is 0 Å². The van der Waals surface area contributed by atoms with Crippen LogP contribution < -0.4 is 0 Å². The van der Waals surface area contributed by atoms with E-state index in [1.54, 1.807) is 23.3 Å². The van der Waals surface area contributed by atoms with Crippen molar-refractivity contribution in [2.24, 2.45) is 0 Å². The van der Waals surface area contributed by atoms with E-state index < -0.39 is 0 Å². The van der Waals surface area contributed by atoms with Gasteiger partial charge in [0.1, 0.15) is 0 Å². The summed E-state index contributed by atoms with van der Waals surface area (Å²) < 4.78 is 0. The van der Waals surface area contributed by atoms with E-state index in [1.165, 1.54) is 0 Å². The molecule has 0 heterocycles. The molecule has 0 aliphatic heterocycles. The van der Waals surface area contributed by atoms with Gasteiger partial charge in [0.2, 0.25) is 0 Å². The zero-order valence-corrected chi connectivity index (χ0v) is 11.5. The predicted octanol–water partition coefficient (Wildman–Crippen LogP) is 2.17. The first-order chi connectivity index (χ1) is 4.91. The molecular weight excluding hydrogens is 227 g/mol. The Kier molecular flexibility index (Phi) is 35.7. The van der Waals surface area contributed by atoms with E-state index in [2.05, 4.69) is 0 Å². The Bertz CT molecular complexity index is 87.1. The van der Waals surface area contributed by atoms with E-state index in [9.17, 15) is 0 Å². The van der Waals surface area contributed by atoms with Crippen molar-refractivity contribution < 1.29 is 23.3 Å². The maximum atomic E-state index is 2.00. The molecule has 0 aromatic heterocycles. The van der Waals surface area contributed by atoms with Crippen LogP contribution in [-0.2, 0) is 23.3 Å². The van der Waals surface area contributed by atoms with Crippen LogP contribution in [0.3, 0.4) is 0 Å². The summed E-state index contributed by atoms with van der Waals surface area (Å²) in [6.45, 7) is 5.95. The van der Waals surface area contributed by atoms with Crippen molar-refractivity contribution in [2.75, 3.05) is 0 Å². The normalized spacial score (nSPS) is 5.55. The van der Waals surface area contributed by atoms with E-state index in [4.69, 9.17) is 0 Å². The van der Waals surface area contributed by atoms with Gasteiger partial charge in [-0.2, -0.15) is 32.0 Å². The van der Waals surface area contributed by atoms with Gasteiger partial charge in [-0.05, 0) is 0 Å². The van der Waals surface area contributed by atoms with Gasteiger partial charge in [-0.25, -0.2) is 12.1 Å². The fourth-order valence-electron chi connectivity index (χ4n) is 0.321. The molecule has 1 aromatic rings. The van der Waals surface area contributed by atoms with Crippen molar-refractivity contribution in [3.05, 3.63) is 44.2 Å². The summed E-state index contributed by atoms with van der Waals surface area (Å²) in [4.78, 5) is 0. The SMILES string of the molecule is C[CH-]C.[CH3-].[SiH2]=[Zr].c1cc[cH-]c1. The second-order valence-electron chi connectivity index (χ2n) is 1.54. The second-order valence-corrected chi connectivity index (χ2v) is 1.54. The molecule has 64 valence electrons. The molecule has 0 fully saturated rings. The van der Waals surface area contributed by atoms with Gasteiger partial charge in [0.25, 0.3) is 0 Å². The Balaban J connectivity index is -0.0000000956. The fraction of sp³-hybridized carbons (Fsp3) is 0.222. The first-order valence-corrected chi connectivity index (χ1v) is 9.10. The second kappa shape index (κ2) is 22.4. The molecule has 0 bridgehead atoms. The third-order valence-corrected chi connectivity index (χ3v) is 0.556. The number of hydrogen-bond donors (Lipinski definition) is 0. The topological polar surface area (TPSA) is 0 Å². The van der Waals surface area contributed by atoms with Crippen LogP contribution in [0.1, 0.15) is 13.8 Å². The van der Waals surface area contributed by atoms with Crippen molar-refractivity contribution in [1.29, 1.82) is 0 Å². The summed E-state index contributed by atoms with van der Waals surface area (Å²) in [5.74, 6) is 0. The Morgan fingerprint density at radius 3 is 1.55 bits per heavy atom. The van der Waals surface area contributed by atoms with Crippen molar-refractivity contribution in [1.82, 2.24) is 0 Å². The van der Waals surface area contributed by atoms with E-state index >= 15 is 0 Å². The van der Waals surface area contributed by atoms with Gasteiger partial charge in [0.05, 0.1) is 0 Å². The minimum atomic E-state index is 0. The van der Waals surface area contributed by atoms with Gasteiger partial charge in [-0.1, -0.05) is 0 Å². The molecule has 0 radical (unpaired) electrons. The summed E-state index contributed by atoms with van der Waals surface area (Å²) in [6.07, 6.45) is 2.00. The third kappa shape index (κ3) is 25.1. The maximum Gasteiger partial charge on any atom is -0.172 e. The standard InChI is InChI=1S/C5H5.C3H7.CH3.H2Si.Zr/c1-2-4-5-3-1;1-3-2;;;/h1-5H;3H,1-2H3;1H3;1H2;/q3*-1;;. The Morgan fingerprint density at radius 2 is 1.45 bits per heavy atom. The van der Waals surface area contributed by atoms with Crippen molar-refractivity contribution in [2.45, 2.75) is 13.8 Å². The van der Waals surface area contributed by atoms with E-state index in [0.717, 1.165) is 0 Å². The Morgan fingerprint density at radius 1 is 1.18 bits per heavy atom. The number of hydrogen-bond acceptors (Lipinski definition) is 0. The molecule has 0 amide bonds. The van der Waals surface area contributed by atoms with E-state index in [0.29, 0.717) is 0 Å². The van der Waals surface area contributed by atoms with Gasteiger partial charge < -0.3 is 13.8 Å².